The zero-order valence-electron chi connectivity index (χ0n) is 9.14. The Kier molecular flexibility index (Phi) is 5.03. The van der Waals surface area contributed by atoms with Crippen LogP contribution in [0, 0.1) is 11.3 Å². The molecule has 4 nitrogen and oxygen atoms in total. The minimum Gasteiger partial charge on any atom is -0.372 e. The number of benzene rings is 1. The summed E-state index contributed by atoms with van der Waals surface area (Å²) in [6.45, 7) is 2.28. The van der Waals surface area contributed by atoms with E-state index in [4.69, 9.17) is 10.00 Å². The van der Waals surface area contributed by atoms with Crippen LogP contribution in [-0.2, 0) is 9.53 Å². The quantitative estimate of drug-likeness (QED) is 0.812. The summed E-state index contributed by atoms with van der Waals surface area (Å²) in [6.07, 6.45) is 0. The van der Waals surface area contributed by atoms with Gasteiger partial charge in [0.1, 0.15) is 12.6 Å². The summed E-state index contributed by atoms with van der Waals surface area (Å²) in [4.78, 5) is 11.4. The monoisotopic (exact) mass is 218 g/mol. The van der Waals surface area contributed by atoms with Gasteiger partial charge in [0.15, 0.2) is 0 Å². The van der Waals surface area contributed by atoms with E-state index >= 15 is 0 Å². The molecule has 1 aromatic rings. The van der Waals surface area contributed by atoms with Gasteiger partial charge in [-0.05, 0) is 12.5 Å². The van der Waals surface area contributed by atoms with Gasteiger partial charge in [-0.25, -0.2) is 0 Å². The topological polar surface area (TPSA) is 62.1 Å². The lowest BCUT2D eigenvalue weighted by Gasteiger charge is -2.11. The Morgan fingerprint density at radius 1 is 1.50 bits per heavy atom. The molecule has 1 unspecified atom stereocenters. The van der Waals surface area contributed by atoms with Gasteiger partial charge in [0, 0.05) is 6.61 Å². The van der Waals surface area contributed by atoms with Crippen molar-refractivity contribution in [3.63, 3.8) is 0 Å². The number of nitriles is 1. The second-order valence-electron chi connectivity index (χ2n) is 3.18. The molecule has 0 fully saturated rings. The fourth-order valence-corrected chi connectivity index (χ4v) is 1.23. The normalized spacial score (nSPS) is 11.5. The van der Waals surface area contributed by atoms with E-state index in [1.807, 2.05) is 31.2 Å². The Balaban J connectivity index is 2.57. The van der Waals surface area contributed by atoms with Gasteiger partial charge >= 0.3 is 0 Å². The third-order valence-corrected chi connectivity index (χ3v) is 2.00. The van der Waals surface area contributed by atoms with Gasteiger partial charge in [0.25, 0.3) is 0 Å². The summed E-state index contributed by atoms with van der Waals surface area (Å²) in [5.74, 6) is -0.280. The molecule has 1 atom stereocenters. The standard InChI is InChI=1S/C12H14N2O2/c1-2-16-9-12(15)14-11(8-13)10-6-4-3-5-7-10/h3-7,11H,2,9H2,1H3,(H,14,15). The highest BCUT2D eigenvalue weighted by atomic mass is 16.5. The van der Waals surface area contributed by atoms with E-state index in [-0.39, 0.29) is 12.5 Å². The van der Waals surface area contributed by atoms with E-state index in [0.29, 0.717) is 6.61 Å². The fourth-order valence-electron chi connectivity index (χ4n) is 1.23. The summed E-state index contributed by atoms with van der Waals surface area (Å²) in [5, 5.41) is 11.5. The van der Waals surface area contributed by atoms with Gasteiger partial charge in [0.2, 0.25) is 5.91 Å². The Morgan fingerprint density at radius 2 is 2.19 bits per heavy atom. The van der Waals surface area contributed by atoms with E-state index in [1.165, 1.54) is 0 Å². The van der Waals surface area contributed by atoms with E-state index in [9.17, 15) is 4.79 Å². The Morgan fingerprint density at radius 3 is 2.75 bits per heavy atom. The smallest absolute Gasteiger partial charge is 0.247 e. The van der Waals surface area contributed by atoms with Crippen molar-refractivity contribution in [2.24, 2.45) is 0 Å². The third kappa shape index (κ3) is 3.71. The summed E-state index contributed by atoms with van der Waals surface area (Å²) in [5.41, 5.74) is 0.773. The first-order valence-corrected chi connectivity index (χ1v) is 5.09. The molecule has 4 heteroatoms. The maximum Gasteiger partial charge on any atom is 0.247 e. The van der Waals surface area contributed by atoms with Crippen LogP contribution >= 0.6 is 0 Å². The number of nitrogens with one attached hydrogen (secondary N) is 1. The Bertz CT molecular complexity index is 370. The molecule has 1 N–H and O–H groups in total. The first-order valence-electron chi connectivity index (χ1n) is 5.09. The number of hydrogen-bond acceptors (Lipinski definition) is 3. The van der Waals surface area contributed by atoms with Crippen LogP contribution in [0.2, 0.25) is 0 Å². The summed E-state index contributed by atoms with van der Waals surface area (Å²) in [7, 11) is 0. The molecule has 0 aliphatic carbocycles. The van der Waals surface area contributed by atoms with E-state index in [0.717, 1.165) is 5.56 Å². The van der Waals surface area contributed by atoms with Crippen LogP contribution in [-0.4, -0.2) is 19.1 Å². The average molecular weight is 218 g/mol. The fraction of sp³-hybridized carbons (Fsp3) is 0.333. The maximum absolute atomic E-state index is 11.4. The number of ether oxygens (including phenoxy) is 1. The molecule has 0 aliphatic heterocycles. The van der Waals surface area contributed by atoms with Crippen molar-refractivity contribution in [3.05, 3.63) is 35.9 Å². The second-order valence-corrected chi connectivity index (χ2v) is 3.18. The van der Waals surface area contributed by atoms with Crippen LogP contribution in [0.3, 0.4) is 0 Å². The van der Waals surface area contributed by atoms with Gasteiger partial charge in [-0.1, -0.05) is 30.3 Å². The summed E-state index contributed by atoms with van der Waals surface area (Å²) < 4.78 is 4.96. The molecule has 0 saturated heterocycles. The highest BCUT2D eigenvalue weighted by Gasteiger charge is 2.12. The lowest BCUT2D eigenvalue weighted by Crippen LogP contribution is -2.30. The van der Waals surface area contributed by atoms with Crippen LogP contribution < -0.4 is 5.32 Å². The van der Waals surface area contributed by atoms with Gasteiger partial charge in [-0.3, -0.25) is 4.79 Å². The largest absolute Gasteiger partial charge is 0.372 e. The van der Waals surface area contributed by atoms with E-state index in [2.05, 4.69) is 5.32 Å². The first-order chi connectivity index (χ1) is 7.77. The SMILES string of the molecule is CCOCC(=O)NC(C#N)c1ccccc1. The molecule has 0 saturated carbocycles. The number of hydrogen-bond donors (Lipinski definition) is 1. The average Bonchev–Trinajstić information content (AvgIpc) is 2.34. The molecule has 1 aromatic carbocycles. The van der Waals surface area contributed by atoms with Crippen LogP contribution in [0.1, 0.15) is 18.5 Å². The molecule has 0 heterocycles. The predicted molar refractivity (Wildman–Crippen MR) is 59.4 cm³/mol. The molecule has 0 spiro atoms. The summed E-state index contributed by atoms with van der Waals surface area (Å²) >= 11 is 0. The number of rotatable bonds is 5. The van der Waals surface area contributed by atoms with Crippen molar-refractivity contribution in [2.75, 3.05) is 13.2 Å². The lowest BCUT2D eigenvalue weighted by molar-refractivity contribution is -0.125. The zero-order valence-corrected chi connectivity index (χ0v) is 9.14. The number of carbonyl (C=O) groups excluding carboxylic acids is 1. The van der Waals surface area contributed by atoms with Crippen LogP contribution in [0.4, 0.5) is 0 Å². The van der Waals surface area contributed by atoms with Crippen molar-refractivity contribution < 1.29 is 9.53 Å². The molecule has 16 heavy (non-hydrogen) atoms. The number of carbonyl (C=O) groups is 1. The molecule has 84 valence electrons. The molecule has 0 aliphatic rings. The van der Waals surface area contributed by atoms with Crippen LogP contribution in [0.25, 0.3) is 0 Å². The Labute approximate surface area is 94.8 Å². The molecule has 1 amide bonds. The lowest BCUT2D eigenvalue weighted by atomic mass is 10.1. The molecular formula is C12H14N2O2. The first kappa shape index (κ1) is 12.2. The van der Waals surface area contributed by atoms with Gasteiger partial charge in [-0.15, -0.1) is 0 Å². The van der Waals surface area contributed by atoms with Crippen LogP contribution in [0.15, 0.2) is 30.3 Å². The van der Waals surface area contributed by atoms with Gasteiger partial charge in [-0.2, -0.15) is 5.26 Å². The summed E-state index contributed by atoms with van der Waals surface area (Å²) in [6, 6.07) is 10.5. The molecular weight excluding hydrogens is 204 g/mol. The third-order valence-electron chi connectivity index (χ3n) is 2.00. The van der Waals surface area contributed by atoms with Crippen molar-refractivity contribution in [2.45, 2.75) is 13.0 Å². The van der Waals surface area contributed by atoms with Gasteiger partial charge < -0.3 is 10.1 Å². The van der Waals surface area contributed by atoms with Crippen molar-refractivity contribution in [1.82, 2.24) is 5.32 Å². The molecule has 1 rings (SSSR count). The highest BCUT2D eigenvalue weighted by molar-refractivity contribution is 5.78. The Hall–Kier alpha value is -1.86. The number of nitrogens with zero attached hydrogens (tertiary/aromatic N) is 1. The van der Waals surface area contributed by atoms with Gasteiger partial charge in [0.05, 0.1) is 6.07 Å². The number of amides is 1. The van der Waals surface area contributed by atoms with Crippen molar-refractivity contribution >= 4 is 5.91 Å². The predicted octanol–water partition coefficient (Wildman–Crippen LogP) is 1.40. The molecule has 0 radical (unpaired) electrons. The van der Waals surface area contributed by atoms with Crippen LogP contribution in [0.5, 0.6) is 0 Å². The highest BCUT2D eigenvalue weighted by Crippen LogP contribution is 2.10. The van der Waals surface area contributed by atoms with E-state index in [1.54, 1.807) is 12.1 Å². The van der Waals surface area contributed by atoms with Crippen molar-refractivity contribution in [1.29, 1.82) is 5.26 Å². The minimum absolute atomic E-state index is 0.0124. The zero-order chi connectivity index (χ0) is 11.8. The molecule has 0 bridgehead atoms. The maximum atomic E-state index is 11.4. The second kappa shape index (κ2) is 6.59. The van der Waals surface area contributed by atoms with E-state index < -0.39 is 6.04 Å². The van der Waals surface area contributed by atoms with Crippen molar-refractivity contribution in [3.8, 4) is 6.07 Å². The minimum atomic E-state index is -0.617. The molecule has 0 aromatic heterocycles.